The first-order valence-electron chi connectivity index (χ1n) is 11.8. The molecule has 2 aliphatic rings. The van der Waals surface area contributed by atoms with E-state index in [0.29, 0.717) is 44.3 Å². The number of amides is 2. The monoisotopic (exact) mass is 497 g/mol. The summed E-state index contributed by atoms with van der Waals surface area (Å²) in [4.78, 5) is 12.3. The predicted octanol–water partition coefficient (Wildman–Crippen LogP) is 3.18. The van der Waals surface area contributed by atoms with E-state index in [4.69, 9.17) is 4.74 Å². The molecule has 0 bridgehead atoms. The number of benzene rings is 1. The second-order valence-corrected chi connectivity index (χ2v) is 9.23. The quantitative estimate of drug-likeness (QED) is 0.466. The summed E-state index contributed by atoms with van der Waals surface area (Å²) in [5.74, 6) is 0. The van der Waals surface area contributed by atoms with Gasteiger partial charge in [-0.25, -0.2) is 4.79 Å². The zero-order chi connectivity index (χ0) is 25.1. The number of hydrogen-bond acceptors (Lipinski definition) is 6. The number of carbonyl (C=O) groups excluding carboxylic acids is 1. The number of aryl methyl sites for hydroxylation is 1. The van der Waals surface area contributed by atoms with Crippen LogP contribution >= 0.6 is 0 Å². The van der Waals surface area contributed by atoms with Gasteiger partial charge in [-0.2, -0.15) is 13.2 Å². The zero-order valence-electron chi connectivity index (χ0n) is 19.2. The molecule has 1 saturated heterocycles. The van der Waals surface area contributed by atoms with Crippen molar-refractivity contribution in [2.24, 2.45) is 0 Å². The number of ether oxygens (including phenoxy) is 1. The smallest absolute Gasteiger partial charge is 0.394 e. The van der Waals surface area contributed by atoms with Gasteiger partial charge in [0.2, 0.25) is 0 Å². The Labute approximate surface area is 200 Å². The van der Waals surface area contributed by atoms with Crippen LogP contribution in [0.15, 0.2) is 30.5 Å². The summed E-state index contributed by atoms with van der Waals surface area (Å²) >= 11 is 0. The van der Waals surface area contributed by atoms with E-state index in [9.17, 15) is 28.2 Å². The first kappa shape index (κ1) is 25.4. The minimum Gasteiger partial charge on any atom is -0.394 e. The number of anilines is 1. The van der Waals surface area contributed by atoms with Crippen LogP contribution in [-0.2, 0) is 23.1 Å². The molecule has 2 aromatic rings. The summed E-state index contributed by atoms with van der Waals surface area (Å²) in [5.41, 5.74) is -0.871. The van der Waals surface area contributed by atoms with Crippen molar-refractivity contribution in [3.8, 4) is 0 Å². The summed E-state index contributed by atoms with van der Waals surface area (Å²) in [6.07, 6.45) is 1.73. The van der Waals surface area contributed by atoms with E-state index < -0.39 is 35.5 Å². The molecule has 12 heteroatoms. The third kappa shape index (κ3) is 6.30. The summed E-state index contributed by atoms with van der Waals surface area (Å²) in [6.45, 7) is 0.251. The Balaban J connectivity index is 1.24. The zero-order valence-corrected chi connectivity index (χ0v) is 19.2. The van der Waals surface area contributed by atoms with Crippen molar-refractivity contribution in [3.63, 3.8) is 0 Å². The van der Waals surface area contributed by atoms with Gasteiger partial charge in [0.05, 0.1) is 30.5 Å². The van der Waals surface area contributed by atoms with Gasteiger partial charge in [0.1, 0.15) is 17.4 Å². The fraction of sp³-hybridized carbons (Fsp3) is 0.609. The molecule has 4 rings (SSSR count). The molecule has 192 valence electrons. The first-order chi connectivity index (χ1) is 16.7. The fourth-order valence-corrected chi connectivity index (χ4v) is 4.70. The maximum atomic E-state index is 12.7. The Kier molecular flexibility index (Phi) is 7.62. The van der Waals surface area contributed by atoms with Crippen LogP contribution in [-0.4, -0.2) is 56.1 Å². The minimum atomic E-state index is -4.45. The van der Waals surface area contributed by atoms with E-state index in [1.807, 2.05) is 0 Å². The van der Waals surface area contributed by atoms with Crippen molar-refractivity contribution in [3.05, 3.63) is 41.7 Å². The maximum Gasteiger partial charge on any atom is 0.416 e. The van der Waals surface area contributed by atoms with Crippen LogP contribution in [0.25, 0.3) is 0 Å². The molecule has 1 aromatic carbocycles. The third-order valence-corrected chi connectivity index (χ3v) is 6.71. The third-order valence-electron chi connectivity index (χ3n) is 6.71. The van der Waals surface area contributed by atoms with E-state index >= 15 is 0 Å². The number of aliphatic hydroxyl groups is 2. The highest BCUT2D eigenvalue weighted by Gasteiger charge is 2.36. The summed E-state index contributed by atoms with van der Waals surface area (Å²) in [5, 5.41) is 33.9. The van der Waals surface area contributed by atoms with Gasteiger partial charge in [-0.05, 0) is 56.4 Å². The number of hydrogen-bond donors (Lipinski definition) is 4. The molecule has 0 radical (unpaired) electrons. The maximum absolute atomic E-state index is 12.7. The lowest BCUT2D eigenvalue weighted by Crippen LogP contribution is -2.52. The van der Waals surface area contributed by atoms with Crippen molar-refractivity contribution in [2.75, 3.05) is 11.9 Å². The van der Waals surface area contributed by atoms with Crippen LogP contribution in [0.5, 0.6) is 0 Å². The summed E-state index contributed by atoms with van der Waals surface area (Å²) in [7, 11) is 0. The van der Waals surface area contributed by atoms with Crippen LogP contribution in [0, 0.1) is 0 Å². The predicted molar refractivity (Wildman–Crippen MR) is 119 cm³/mol. The number of rotatable bonds is 7. The molecule has 1 aliphatic carbocycles. The molecule has 9 nitrogen and oxygen atoms in total. The van der Waals surface area contributed by atoms with Crippen molar-refractivity contribution in [1.82, 2.24) is 20.3 Å². The molecule has 0 unspecified atom stereocenters. The molecule has 4 N–H and O–H groups in total. The van der Waals surface area contributed by atoms with E-state index in [-0.39, 0.29) is 18.4 Å². The Morgan fingerprint density at radius 1 is 1.20 bits per heavy atom. The second kappa shape index (κ2) is 10.5. The SMILES string of the molecule is O=C(Nc1ccc(C(F)(F)F)cc1)N[C@H]1CC[C@@H](CCn2cc(C3(O)CCCC3)nn2)O[C@H]1CO. The van der Waals surface area contributed by atoms with Crippen LogP contribution in [0.3, 0.4) is 0 Å². The first-order valence-corrected chi connectivity index (χ1v) is 11.8. The Morgan fingerprint density at radius 3 is 2.57 bits per heavy atom. The molecule has 1 aliphatic heterocycles. The van der Waals surface area contributed by atoms with Crippen molar-refractivity contribution in [2.45, 2.75) is 81.5 Å². The van der Waals surface area contributed by atoms with Crippen LogP contribution in [0.2, 0.25) is 0 Å². The van der Waals surface area contributed by atoms with Gasteiger partial charge in [0.15, 0.2) is 0 Å². The Morgan fingerprint density at radius 2 is 1.91 bits per heavy atom. The second-order valence-electron chi connectivity index (χ2n) is 9.23. The Hall–Kier alpha value is -2.70. The number of urea groups is 1. The minimum absolute atomic E-state index is 0.148. The van der Waals surface area contributed by atoms with Crippen molar-refractivity contribution < 1.29 is 32.9 Å². The standard InChI is InChI=1S/C23H30F3N5O4/c24-23(25,26)15-3-5-16(6-4-15)27-21(33)28-18-8-7-17(35-19(18)14-32)9-12-31-13-20(29-30-31)22(34)10-1-2-11-22/h3-6,13,17-19,32,34H,1-2,7-12,14H2,(H2,27,28,33)/t17-,18-,19-/m0/s1. The molecular weight excluding hydrogens is 467 g/mol. The molecular formula is C23H30F3N5O4. The van der Waals surface area contributed by atoms with Gasteiger partial charge in [-0.3, -0.25) is 4.68 Å². The molecule has 0 spiro atoms. The number of aliphatic hydroxyl groups excluding tert-OH is 1. The van der Waals surface area contributed by atoms with E-state index in [2.05, 4.69) is 20.9 Å². The molecule has 1 aromatic heterocycles. The lowest BCUT2D eigenvalue weighted by molar-refractivity contribution is -0.137. The van der Waals surface area contributed by atoms with Gasteiger partial charge in [0, 0.05) is 12.2 Å². The molecule has 2 amide bonds. The van der Waals surface area contributed by atoms with E-state index in [1.165, 1.54) is 12.1 Å². The molecule has 2 fully saturated rings. The topological polar surface area (TPSA) is 122 Å². The largest absolute Gasteiger partial charge is 0.416 e. The van der Waals surface area contributed by atoms with Crippen molar-refractivity contribution in [1.29, 1.82) is 0 Å². The summed E-state index contributed by atoms with van der Waals surface area (Å²) in [6, 6.07) is 3.12. The average Bonchev–Trinajstić information content (AvgIpc) is 3.48. The number of halogens is 3. The highest BCUT2D eigenvalue weighted by Crippen LogP contribution is 2.37. The number of nitrogens with one attached hydrogen (secondary N) is 2. The van der Waals surface area contributed by atoms with Crippen LogP contribution in [0.1, 0.15) is 56.2 Å². The van der Waals surface area contributed by atoms with Gasteiger partial charge in [-0.1, -0.05) is 18.1 Å². The number of nitrogens with zero attached hydrogens (tertiary/aromatic N) is 3. The normalized spacial score (nSPS) is 24.3. The van der Waals surface area contributed by atoms with E-state index in [0.717, 1.165) is 25.0 Å². The number of alkyl halides is 3. The van der Waals surface area contributed by atoms with Crippen molar-refractivity contribution >= 4 is 11.7 Å². The van der Waals surface area contributed by atoms with Crippen LogP contribution in [0.4, 0.5) is 23.7 Å². The van der Waals surface area contributed by atoms with Crippen LogP contribution < -0.4 is 10.6 Å². The van der Waals surface area contributed by atoms with Gasteiger partial charge >= 0.3 is 12.2 Å². The molecule has 3 atom stereocenters. The van der Waals surface area contributed by atoms with Gasteiger partial charge < -0.3 is 25.6 Å². The summed E-state index contributed by atoms with van der Waals surface area (Å²) < 4.78 is 45.7. The highest BCUT2D eigenvalue weighted by molar-refractivity contribution is 5.89. The number of carbonyl (C=O) groups is 1. The lowest BCUT2D eigenvalue weighted by Gasteiger charge is -2.36. The lowest BCUT2D eigenvalue weighted by atomic mass is 9.97. The van der Waals surface area contributed by atoms with E-state index in [1.54, 1.807) is 10.9 Å². The molecule has 35 heavy (non-hydrogen) atoms. The highest BCUT2D eigenvalue weighted by atomic mass is 19.4. The number of aromatic nitrogens is 3. The molecule has 2 heterocycles. The molecule has 1 saturated carbocycles. The van der Waals surface area contributed by atoms with Gasteiger partial charge in [0.25, 0.3) is 0 Å². The fourth-order valence-electron chi connectivity index (χ4n) is 4.70. The van der Waals surface area contributed by atoms with Gasteiger partial charge in [-0.15, -0.1) is 5.10 Å². The Bertz CT molecular complexity index is 992. The average molecular weight is 498 g/mol.